The van der Waals surface area contributed by atoms with Crippen LogP contribution >= 0.6 is 21.8 Å². The number of rotatable bonds is 0. The third-order valence-corrected chi connectivity index (χ3v) is 1.91. The molecule has 0 saturated heterocycles. The fourth-order valence-corrected chi connectivity index (χ4v) is 1.35. The Kier molecular flexibility index (Phi) is 1.64. The molecule has 0 aromatic rings. The normalized spacial score (nSPS) is 19.1. The second-order valence-electron chi connectivity index (χ2n) is 0.990. The van der Waals surface area contributed by atoms with E-state index in [4.69, 9.17) is 5.73 Å². The van der Waals surface area contributed by atoms with Gasteiger partial charge in [-0.1, -0.05) is 0 Å². The van der Waals surface area contributed by atoms with Crippen LogP contribution in [0.3, 0.4) is 0 Å². The molecular formula is C3H4N2S2. The predicted molar refractivity (Wildman–Crippen MR) is 35.9 cm³/mol. The van der Waals surface area contributed by atoms with Crippen LogP contribution in [0.15, 0.2) is 15.9 Å². The van der Waals surface area contributed by atoms with E-state index in [1.165, 1.54) is 11.0 Å². The van der Waals surface area contributed by atoms with Crippen molar-refractivity contribution in [3.05, 3.63) is 11.5 Å². The molecule has 2 nitrogen and oxygen atoms in total. The second-order valence-corrected chi connectivity index (χ2v) is 2.81. The summed E-state index contributed by atoms with van der Waals surface area (Å²) in [6.07, 6.45) is 1.78. The summed E-state index contributed by atoms with van der Waals surface area (Å²) in [6, 6.07) is 0. The lowest BCUT2D eigenvalue weighted by atomic mass is 10.6. The fourth-order valence-electron chi connectivity index (χ4n) is 0.217. The van der Waals surface area contributed by atoms with Gasteiger partial charge in [0.2, 0.25) is 0 Å². The minimum atomic E-state index is 0.601. The van der Waals surface area contributed by atoms with Gasteiger partial charge in [-0.2, -0.15) is 4.40 Å². The minimum absolute atomic E-state index is 0.601. The molecule has 38 valence electrons. The van der Waals surface area contributed by atoms with Gasteiger partial charge in [-0.25, -0.2) is 0 Å². The van der Waals surface area contributed by atoms with Crippen LogP contribution in [0, 0.1) is 0 Å². The first-order valence-corrected chi connectivity index (χ1v) is 3.89. The molecule has 0 aromatic carbocycles. The van der Waals surface area contributed by atoms with Crippen LogP contribution in [0.2, 0.25) is 0 Å². The lowest BCUT2D eigenvalue weighted by molar-refractivity contribution is 1.69. The summed E-state index contributed by atoms with van der Waals surface area (Å²) < 4.78 is 3.82. The van der Waals surface area contributed by atoms with Crippen LogP contribution in [-0.4, -0.2) is 5.84 Å². The molecule has 0 aliphatic carbocycles. The Bertz CT molecular complexity index is 118. The van der Waals surface area contributed by atoms with Gasteiger partial charge in [0.05, 0.1) is 11.0 Å². The number of nitrogens with two attached hydrogens (primary N) is 1. The van der Waals surface area contributed by atoms with E-state index in [2.05, 4.69) is 4.40 Å². The molecule has 1 aliphatic heterocycles. The molecule has 1 heterocycles. The summed E-state index contributed by atoms with van der Waals surface area (Å²) in [6.45, 7) is 0. The van der Waals surface area contributed by atoms with Gasteiger partial charge in [-0.05, 0) is 22.3 Å². The van der Waals surface area contributed by atoms with Gasteiger partial charge in [0.15, 0.2) is 0 Å². The van der Waals surface area contributed by atoms with E-state index in [1.807, 2.05) is 5.41 Å². The third kappa shape index (κ3) is 1.44. The van der Waals surface area contributed by atoms with Crippen molar-refractivity contribution in [3.8, 4) is 0 Å². The Morgan fingerprint density at radius 2 is 2.57 bits per heavy atom. The number of hydrogen-bond donors (Lipinski definition) is 1. The number of nitrogens with zero attached hydrogens (tertiary/aromatic N) is 1. The molecule has 7 heavy (non-hydrogen) atoms. The van der Waals surface area contributed by atoms with Crippen LogP contribution < -0.4 is 5.73 Å². The van der Waals surface area contributed by atoms with E-state index in [-0.39, 0.29) is 0 Å². The summed E-state index contributed by atoms with van der Waals surface area (Å²) in [5.74, 6) is 0.601. The van der Waals surface area contributed by atoms with E-state index in [1.54, 1.807) is 16.9 Å². The maximum absolute atomic E-state index is 5.26. The van der Waals surface area contributed by atoms with E-state index < -0.39 is 0 Å². The monoisotopic (exact) mass is 132 g/mol. The van der Waals surface area contributed by atoms with Crippen molar-refractivity contribution in [2.75, 3.05) is 0 Å². The van der Waals surface area contributed by atoms with Crippen molar-refractivity contribution in [1.82, 2.24) is 0 Å². The van der Waals surface area contributed by atoms with E-state index >= 15 is 0 Å². The molecule has 0 unspecified atom stereocenters. The molecule has 0 aromatic heterocycles. The highest BCUT2D eigenvalue weighted by molar-refractivity contribution is 8.77. The zero-order valence-corrected chi connectivity index (χ0v) is 5.13. The van der Waals surface area contributed by atoms with Crippen molar-refractivity contribution < 1.29 is 0 Å². The molecule has 0 fully saturated rings. The maximum atomic E-state index is 5.26. The van der Waals surface area contributed by atoms with Crippen molar-refractivity contribution in [2.45, 2.75) is 0 Å². The number of amidine groups is 1. The zero-order chi connectivity index (χ0) is 5.11. The molecule has 1 rings (SSSR count). The van der Waals surface area contributed by atoms with Gasteiger partial charge in [-0.15, -0.1) is 0 Å². The van der Waals surface area contributed by atoms with Gasteiger partial charge in [-0.3, -0.25) is 0 Å². The molecule has 0 bridgehead atoms. The second kappa shape index (κ2) is 2.28. The van der Waals surface area contributed by atoms with Gasteiger partial charge >= 0.3 is 0 Å². The van der Waals surface area contributed by atoms with Crippen molar-refractivity contribution in [2.24, 2.45) is 10.1 Å². The Labute approximate surface area is 49.8 Å². The Hall–Kier alpha value is -0.0900. The topological polar surface area (TPSA) is 38.4 Å². The van der Waals surface area contributed by atoms with Crippen LogP contribution in [0.1, 0.15) is 0 Å². The predicted octanol–water partition coefficient (Wildman–Crippen LogP) is 1.17. The molecule has 2 N–H and O–H groups in total. The van der Waals surface area contributed by atoms with Crippen LogP contribution in [0.5, 0.6) is 0 Å². The molecule has 1 aliphatic rings. The van der Waals surface area contributed by atoms with Gasteiger partial charge < -0.3 is 5.73 Å². The van der Waals surface area contributed by atoms with Gasteiger partial charge in [0, 0.05) is 0 Å². The maximum Gasteiger partial charge on any atom is 0.132 e. The van der Waals surface area contributed by atoms with Crippen molar-refractivity contribution >= 4 is 27.6 Å². The molecule has 4 heteroatoms. The first-order chi connectivity index (χ1) is 3.39. The lowest BCUT2D eigenvalue weighted by Crippen LogP contribution is -2.06. The van der Waals surface area contributed by atoms with Crippen LogP contribution in [0.4, 0.5) is 0 Å². The lowest BCUT2D eigenvalue weighted by Gasteiger charge is -1.94. The summed E-state index contributed by atoms with van der Waals surface area (Å²) in [5, 5.41) is 1.91. The first-order valence-electron chi connectivity index (χ1n) is 1.72. The summed E-state index contributed by atoms with van der Waals surface area (Å²) in [4.78, 5) is 0. The first kappa shape index (κ1) is 5.05. The molecular weight excluding hydrogens is 128 g/mol. The molecule has 0 amide bonds. The van der Waals surface area contributed by atoms with Crippen molar-refractivity contribution in [3.63, 3.8) is 0 Å². The van der Waals surface area contributed by atoms with E-state index in [0.717, 1.165) is 0 Å². The third-order valence-electron chi connectivity index (χ3n) is 0.480. The molecule has 0 atom stereocenters. The van der Waals surface area contributed by atoms with Gasteiger partial charge in [0.1, 0.15) is 5.84 Å². The molecule has 0 saturated carbocycles. The van der Waals surface area contributed by atoms with E-state index in [0.29, 0.717) is 5.84 Å². The highest BCUT2D eigenvalue weighted by atomic mass is 33.1. The van der Waals surface area contributed by atoms with Gasteiger partial charge in [0.25, 0.3) is 0 Å². The fraction of sp³-hybridized carbons (Fsp3) is 0. The highest BCUT2D eigenvalue weighted by Gasteiger charge is 1.90. The standard InChI is InChI=1S/C3H4N2S2/c4-3-1-2-6-7-5-3/h1-2H,(H2,4,5). The largest absolute Gasteiger partial charge is 0.383 e. The highest BCUT2D eigenvalue weighted by Crippen LogP contribution is 2.26. The SMILES string of the molecule is NC1=NSSC=C1. The summed E-state index contributed by atoms with van der Waals surface area (Å²) in [5.41, 5.74) is 5.26. The average Bonchev–Trinajstić information content (AvgIpc) is 1.69. The Balaban J connectivity index is 2.58. The zero-order valence-electron chi connectivity index (χ0n) is 3.50. The van der Waals surface area contributed by atoms with Crippen molar-refractivity contribution in [1.29, 1.82) is 0 Å². The van der Waals surface area contributed by atoms with E-state index in [9.17, 15) is 0 Å². The van der Waals surface area contributed by atoms with Crippen LogP contribution in [-0.2, 0) is 0 Å². The molecule has 0 radical (unpaired) electrons. The average molecular weight is 132 g/mol. The Morgan fingerprint density at radius 3 is 2.86 bits per heavy atom. The smallest absolute Gasteiger partial charge is 0.132 e. The quantitative estimate of drug-likeness (QED) is 0.397. The Morgan fingerprint density at radius 1 is 1.71 bits per heavy atom. The number of hydrogen-bond acceptors (Lipinski definition) is 4. The summed E-state index contributed by atoms with van der Waals surface area (Å²) in [7, 11) is 2.96. The minimum Gasteiger partial charge on any atom is -0.383 e. The van der Waals surface area contributed by atoms with Crippen LogP contribution in [0.25, 0.3) is 0 Å². The molecule has 0 spiro atoms. The summed E-state index contributed by atoms with van der Waals surface area (Å²) >= 11 is 0.